The molecule has 0 fully saturated rings. The van der Waals surface area contributed by atoms with Crippen LogP contribution in [-0.2, 0) is 28.7 Å². The van der Waals surface area contributed by atoms with E-state index in [-0.39, 0.29) is 17.9 Å². The number of aliphatic hydroxyl groups is 2. The lowest BCUT2D eigenvalue weighted by Gasteiger charge is -2.25. The topological polar surface area (TPSA) is 92.4 Å². The molecule has 0 radical (unpaired) electrons. The van der Waals surface area contributed by atoms with Crippen LogP contribution in [0.3, 0.4) is 0 Å². The Bertz CT molecular complexity index is 1200. The van der Waals surface area contributed by atoms with Gasteiger partial charge >= 0.3 is 0 Å². The molecule has 4 rings (SSSR count). The quantitative estimate of drug-likeness (QED) is 0.631. The Morgan fingerprint density at radius 1 is 1.28 bits per heavy atom. The van der Waals surface area contributed by atoms with Gasteiger partial charge in [-0.15, -0.1) is 0 Å². The van der Waals surface area contributed by atoms with Crippen LogP contribution < -0.4 is 0 Å². The number of aromatic nitrogens is 2. The third kappa shape index (κ3) is 3.43. The number of hydrogen-bond acceptors (Lipinski definition) is 5. The second kappa shape index (κ2) is 6.86. The van der Waals surface area contributed by atoms with Gasteiger partial charge in [-0.05, 0) is 48.7 Å². The van der Waals surface area contributed by atoms with Crippen LogP contribution in [-0.4, -0.2) is 40.2 Å². The average molecular weight is 422 g/mol. The Morgan fingerprint density at radius 3 is 2.76 bits per heavy atom. The molecule has 0 amide bonds. The summed E-state index contributed by atoms with van der Waals surface area (Å²) >= 11 is 0. The molecule has 1 aromatic carbocycles. The summed E-state index contributed by atoms with van der Waals surface area (Å²) in [4.78, 5) is 4.01. The van der Waals surface area contributed by atoms with Crippen LogP contribution in [0.4, 0.5) is 8.78 Å². The zero-order valence-electron chi connectivity index (χ0n) is 15.6. The SMILES string of the molecule is Cc1c(Cc2ccc3c(c2)C(F)(F)CCS3(=O)=O)c2cccnc2n1CC(O)O. The molecule has 29 heavy (non-hydrogen) atoms. The highest BCUT2D eigenvalue weighted by Crippen LogP contribution is 2.42. The van der Waals surface area contributed by atoms with Gasteiger partial charge in [0.05, 0.1) is 17.2 Å². The fraction of sp³-hybridized carbons (Fsp3) is 0.350. The van der Waals surface area contributed by atoms with Crippen molar-refractivity contribution < 1.29 is 27.4 Å². The first-order chi connectivity index (χ1) is 13.6. The van der Waals surface area contributed by atoms with E-state index in [1.54, 1.807) is 29.8 Å². The van der Waals surface area contributed by atoms with E-state index in [1.807, 2.05) is 6.07 Å². The van der Waals surface area contributed by atoms with E-state index in [0.29, 0.717) is 11.2 Å². The summed E-state index contributed by atoms with van der Waals surface area (Å²) in [5.41, 5.74) is 2.22. The smallest absolute Gasteiger partial charge is 0.275 e. The monoisotopic (exact) mass is 422 g/mol. The molecule has 2 N–H and O–H groups in total. The standard InChI is InChI=1S/C20H20F2N2O4S/c1-12-15(14-3-2-7-23-19(14)24(12)11-18(25)26)9-13-4-5-17-16(10-13)20(21,22)6-8-29(17,27)28/h2-5,7,10,18,25-26H,6,8-9,11H2,1H3. The van der Waals surface area contributed by atoms with Gasteiger partial charge in [0.2, 0.25) is 0 Å². The number of halogens is 2. The molecule has 3 aromatic rings. The Balaban J connectivity index is 1.82. The van der Waals surface area contributed by atoms with Crippen molar-refractivity contribution in [3.8, 4) is 0 Å². The Hall–Kier alpha value is -2.36. The summed E-state index contributed by atoms with van der Waals surface area (Å²) < 4.78 is 54.8. The first-order valence-electron chi connectivity index (χ1n) is 9.13. The Morgan fingerprint density at radius 2 is 2.03 bits per heavy atom. The van der Waals surface area contributed by atoms with Crippen LogP contribution in [0.2, 0.25) is 0 Å². The number of hydrogen-bond donors (Lipinski definition) is 2. The highest BCUT2D eigenvalue weighted by Gasteiger charge is 2.43. The van der Waals surface area contributed by atoms with Gasteiger partial charge in [-0.3, -0.25) is 0 Å². The predicted molar refractivity (Wildman–Crippen MR) is 103 cm³/mol. The lowest BCUT2D eigenvalue weighted by Crippen LogP contribution is -2.28. The van der Waals surface area contributed by atoms with Crippen molar-refractivity contribution in [2.24, 2.45) is 0 Å². The van der Waals surface area contributed by atoms with E-state index in [0.717, 1.165) is 16.6 Å². The van der Waals surface area contributed by atoms with Crippen molar-refractivity contribution in [2.45, 2.75) is 43.4 Å². The molecule has 1 aliphatic heterocycles. The number of nitrogens with zero attached hydrogens (tertiary/aromatic N) is 2. The molecule has 0 saturated heterocycles. The molecule has 0 atom stereocenters. The van der Waals surface area contributed by atoms with Gasteiger partial charge in [-0.2, -0.15) is 0 Å². The van der Waals surface area contributed by atoms with Crippen LogP contribution in [0.1, 0.15) is 28.8 Å². The summed E-state index contributed by atoms with van der Waals surface area (Å²) in [7, 11) is -3.70. The van der Waals surface area contributed by atoms with E-state index < -0.39 is 39.8 Å². The largest absolute Gasteiger partial charge is 0.367 e. The molecule has 0 unspecified atom stereocenters. The fourth-order valence-corrected chi connectivity index (χ4v) is 5.49. The molecule has 1 aliphatic rings. The molecule has 2 aromatic heterocycles. The minimum Gasteiger partial charge on any atom is -0.367 e. The lowest BCUT2D eigenvalue weighted by molar-refractivity contribution is -0.0509. The molecule has 0 bridgehead atoms. The van der Waals surface area contributed by atoms with Gasteiger partial charge in [-0.25, -0.2) is 22.2 Å². The molecule has 0 aliphatic carbocycles. The highest BCUT2D eigenvalue weighted by atomic mass is 32.2. The third-order valence-corrected chi connectivity index (χ3v) is 7.16. The zero-order chi connectivity index (χ0) is 21.0. The van der Waals surface area contributed by atoms with Crippen molar-refractivity contribution in [1.82, 2.24) is 9.55 Å². The van der Waals surface area contributed by atoms with Crippen LogP contribution in [0.15, 0.2) is 41.4 Å². The van der Waals surface area contributed by atoms with E-state index >= 15 is 0 Å². The summed E-state index contributed by atoms with van der Waals surface area (Å²) in [5, 5.41) is 19.6. The minimum absolute atomic E-state index is 0.0696. The van der Waals surface area contributed by atoms with E-state index in [9.17, 15) is 27.4 Å². The molecular weight excluding hydrogens is 402 g/mol. The maximum atomic E-state index is 14.4. The van der Waals surface area contributed by atoms with Gasteiger partial charge in [0.25, 0.3) is 5.92 Å². The molecular formula is C20H20F2N2O4S. The maximum absolute atomic E-state index is 14.4. The van der Waals surface area contributed by atoms with E-state index in [2.05, 4.69) is 4.98 Å². The normalized spacial score (nSPS) is 17.6. The second-order valence-corrected chi connectivity index (χ2v) is 9.39. The zero-order valence-corrected chi connectivity index (χ0v) is 16.5. The van der Waals surface area contributed by atoms with Gasteiger partial charge < -0.3 is 14.8 Å². The number of rotatable bonds is 4. The van der Waals surface area contributed by atoms with E-state index in [1.165, 1.54) is 12.1 Å². The van der Waals surface area contributed by atoms with Crippen molar-refractivity contribution >= 4 is 20.9 Å². The maximum Gasteiger partial charge on any atom is 0.275 e. The van der Waals surface area contributed by atoms with Crippen molar-refractivity contribution in [3.05, 3.63) is 58.9 Å². The lowest BCUT2D eigenvalue weighted by atomic mass is 9.97. The van der Waals surface area contributed by atoms with Gasteiger partial charge in [-0.1, -0.05) is 6.07 Å². The fourth-order valence-electron chi connectivity index (χ4n) is 3.93. The number of fused-ring (bicyclic) bond motifs is 2. The number of benzene rings is 1. The minimum atomic E-state index is -3.70. The van der Waals surface area contributed by atoms with E-state index in [4.69, 9.17) is 0 Å². The summed E-state index contributed by atoms with van der Waals surface area (Å²) in [6.45, 7) is 1.73. The second-order valence-electron chi connectivity index (χ2n) is 7.31. The molecule has 154 valence electrons. The van der Waals surface area contributed by atoms with Gasteiger partial charge in [0.15, 0.2) is 16.1 Å². The molecule has 0 spiro atoms. The molecule has 9 heteroatoms. The van der Waals surface area contributed by atoms with Crippen LogP contribution in [0.25, 0.3) is 11.0 Å². The summed E-state index contributed by atoms with van der Waals surface area (Å²) in [5.74, 6) is -3.75. The number of alkyl halides is 2. The predicted octanol–water partition coefficient (Wildman–Crippen LogP) is 2.52. The first-order valence-corrected chi connectivity index (χ1v) is 10.8. The van der Waals surface area contributed by atoms with Crippen LogP contribution >= 0.6 is 0 Å². The highest BCUT2D eigenvalue weighted by molar-refractivity contribution is 7.91. The third-order valence-electron chi connectivity index (χ3n) is 5.39. The molecule has 0 saturated carbocycles. The van der Waals surface area contributed by atoms with Crippen molar-refractivity contribution in [2.75, 3.05) is 5.75 Å². The van der Waals surface area contributed by atoms with Gasteiger partial charge in [0.1, 0.15) is 5.65 Å². The van der Waals surface area contributed by atoms with Gasteiger partial charge in [0, 0.05) is 29.3 Å². The van der Waals surface area contributed by atoms with Crippen LogP contribution in [0, 0.1) is 6.92 Å². The van der Waals surface area contributed by atoms with Crippen molar-refractivity contribution in [1.29, 1.82) is 0 Å². The first kappa shape index (κ1) is 19.9. The van der Waals surface area contributed by atoms with Crippen molar-refractivity contribution in [3.63, 3.8) is 0 Å². The molecule has 6 nitrogen and oxygen atoms in total. The van der Waals surface area contributed by atoms with Crippen LogP contribution in [0.5, 0.6) is 0 Å². The summed E-state index contributed by atoms with van der Waals surface area (Å²) in [6, 6.07) is 7.67. The number of sulfone groups is 1. The number of pyridine rings is 1. The Kier molecular flexibility index (Phi) is 4.71. The molecule has 3 heterocycles. The number of aliphatic hydroxyl groups excluding tert-OH is 1. The summed E-state index contributed by atoms with van der Waals surface area (Å²) in [6.07, 6.45) is -0.406. The average Bonchev–Trinajstić information content (AvgIpc) is 2.91. The Labute approximate surface area is 166 Å².